The van der Waals surface area contributed by atoms with Gasteiger partial charge in [-0.25, -0.2) is 0 Å². The minimum atomic E-state index is -1.34. The number of rotatable bonds is 7. The topological polar surface area (TPSA) is 86.9 Å². The van der Waals surface area contributed by atoms with Crippen LogP contribution in [0.4, 0.5) is 0 Å². The van der Waals surface area contributed by atoms with Gasteiger partial charge in [0.05, 0.1) is 11.6 Å². The fourth-order valence-electron chi connectivity index (χ4n) is 4.73. The molecule has 0 radical (unpaired) electrons. The highest BCUT2D eigenvalue weighted by molar-refractivity contribution is 9.10. The van der Waals surface area contributed by atoms with E-state index in [-0.39, 0.29) is 6.61 Å². The molecule has 38 heavy (non-hydrogen) atoms. The molecule has 0 unspecified atom stereocenters. The van der Waals surface area contributed by atoms with E-state index in [1.54, 1.807) is 18.3 Å². The number of hydrogen-bond donors (Lipinski definition) is 1. The molecule has 5 rings (SSSR count). The molecule has 7 nitrogen and oxygen atoms in total. The van der Waals surface area contributed by atoms with E-state index in [2.05, 4.69) is 20.9 Å². The number of H-pyrrole nitrogens is 1. The van der Waals surface area contributed by atoms with E-state index in [0.29, 0.717) is 26.6 Å². The Hall–Kier alpha value is -3.49. The van der Waals surface area contributed by atoms with Crippen molar-refractivity contribution in [1.29, 1.82) is 0 Å². The van der Waals surface area contributed by atoms with Gasteiger partial charge in [-0.15, -0.1) is 0 Å². The highest BCUT2D eigenvalue weighted by Gasteiger charge is 2.49. The normalized spacial score (nSPS) is 16.1. The molecule has 0 amide bonds. The zero-order chi connectivity index (χ0) is 27.0. The third kappa shape index (κ3) is 4.98. The number of nitrogens with one attached hydrogen (secondary N) is 1. The van der Waals surface area contributed by atoms with Crippen molar-refractivity contribution in [2.24, 2.45) is 5.92 Å². The van der Waals surface area contributed by atoms with Crippen molar-refractivity contribution in [3.8, 4) is 11.5 Å². The van der Waals surface area contributed by atoms with E-state index in [4.69, 9.17) is 30.5 Å². The largest absolute Gasteiger partial charge is 0.493 e. The van der Waals surface area contributed by atoms with Crippen LogP contribution < -0.4 is 9.47 Å². The summed E-state index contributed by atoms with van der Waals surface area (Å²) in [6, 6.07) is 18.7. The third-order valence-electron chi connectivity index (χ3n) is 6.43. The molecule has 1 atom stereocenters. The predicted octanol–water partition coefficient (Wildman–Crippen LogP) is 6.76. The van der Waals surface area contributed by atoms with E-state index in [1.807, 2.05) is 48.5 Å². The van der Waals surface area contributed by atoms with E-state index in [0.717, 1.165) is 22.0 Å². The van der Waals surface area contributed by atoms with Gasteiger partial charge in [-0.05, 0) is 51.3 Å². The smallest absolute Gasteiger partial charge is 0.324 e. The molecule has 9 heteroatoms. The Labute approximate surface area is 233 Å². The van der Waals surface area contributed by atoms with Crippen molar-refractivity contribution < 1.29 is 28.5 Å². The van der Waals surface area contributed by atoms with Crippen LogP contribution in [0.3, 0.4) is 0 Å². The van der Waals surface area contributed by atoms with Crippen LogP contribution in [-0.2, 0) is 25.7 Å². The maximum absolute atomic E-state index is 13.3. The summed E-state index contributed by atoms with van der Waals surface area (Å²) in [6.45, 7) is 3.28. The highest BCUT2D eigenvalue weighted by atomic mass is 79.9. The number of para-hydroxylation sites is 1. The molecule has 1 fully saturated rings. The van der Waals surface area contributed by atoms with Gasteiger partial charge in [-0.1, -0.05) is 48.0 Å². The number of ether oxygens (including phenoxy) is 4. The standard InChI is InChI=1S/C29H25BrClNO6/c1-29(2)37-27(33)25(28(34)38-29)24(19-14-32-22-11-7-5-9-18(19)22)17-12-20(30)26(23(13-17)35-3)36-15-16-8-4-6-10-21(16)31/h4-14,24-25,32H,15H2,1-3H3/t24-/m1/s1. The first-order valence-electron chi connectivity index (χ1n) is 11.9. The van der Waals surface area contributed by atoms with Gasteiger partial charge in [-0.2, -0.15) is 0 Å². The molecule has 0 spiro atoms. The summed E-state index contributed by atoms with van der Waals surface area (Å²) in [5, 5.41) is 1.47. The number of aromatic amines is 1. The number of carbonyl (C=O) groups excluding carboxylic acids is 2. The molecule has 1 aliphatic heterocycles. The second-order valence-electron chi connectivity index (χ2n) is 9.40. The minimum absolute atomic E-state index is 0.218. The third-order valence-corrected chi connectivity index (χ3v) is 7.39. The first kappa shape index (κ1) is 26.1. The zero-order valence-corrected chi connectivity index (χ0v) is 23.3. The van der Waals surface area contributed by atoms with Crippen LogP contribution in [0.15, 0.2) is 71.3 Å². The molecular weight excluding hydrogens is 574 g/mol. The second kappa shape index (κ2) is 10.3. The van der Waals surface area contributed by atoms with Gasteiger partial charge in [0, 0.05) is 47.5 Å². The van der Waals surface area contributed by atoms with Gasteiger partial charge in [0.1, 0.15) is 6.61 Å². The lowest BCUT2D eigenvalue weighted by Crippen LogP contribution is -2.48. The Morgan fingerprint density at radius 3 is 2.45 bits per heavy atom. The molecule has 196 valence electrons. The van der Waals surface area contributed by atoms with Gasteiger partial charge in [-0.3, -0.25) is 9.59 Å². The molecule has 0 saturated carbocycles. The van der Waals surface area contributed by atoms with E-state index >= 15 is 0 Å². The maximum Gasteiger partial charge on any atom is 0.324 e. The quantitative estimate of drug-likeness (QED) is 0.187. The summed E-state index contributed by atoms with van der Waals surface area (Å²) in [6.07, 6.45) is 1.80. The fraction of sp³-hybridized carbons (Fsp3) is 0.241. The number of halogens is 2. The number of esters is 2. The van der Waals surface area contributed by atoms with Crippen molar-refractivity contribution in [2.45, 2.75) is 32.2 Å². The molecular formula is C29H25BrClNO6. The van der Waals surface area contributed by atoms with Crippen LogP contribution in [0.1, 0.15) is 36.5 Å². The van der Waals surface area contributed by atoms with Gasteiger partial charge in [0.2, 0.25) is 0 Å². The first-order chi connectivity index (χ1) is 18.2. The lowest BCUT2D eigenvalue weighted by Gasteiger charge is -2.36. The van der Waals surface area contributed by atoms with Crippen molar-refractivity contribution >= 4 is 50.4 Å². The maximum atomic E-state index is 13.3. The summed E-state index contributed by atoms with van der Waals surface area (Å²) in [4.78, 5) is 29.7. The monoisotopic (exact) mass is 597 g/mol. The van der Waals surface area contributed by atoms with Gasteiger partial charge >= 0.3 is 11.9 Å². The number of fused-ring (bicyclic) bond motifs is 1. The molecule has 2 heterocycles. The van der Waals surface area contributed by atoms with E-state index in [9.17, 15) is 9.59 Å². The molecule has 3 aromatic carbocycles. The summed E-state index contributed by atoms with van der Waals surface area (Å²) < 4.78 is 23.4. The molecule has 0 bridgehead atoms. The average Bonchev–Trinajstić information content (AvgIpc) is 3.29. The molecule has 1 aliphatic rings. The molecule has 0 aliphatic carbocycles. The van der Waals surface area contributed by atoms with Crippen molar-refractivity contribution in [3.63, 3.8) is 0 Å². The Kier molecular flexibility index (Phi) is 7.11. The number of aromatic nitrogens is 1. The predicted molar refractivity (Wildman–Crippen MR) is 146 cm³/mol. The first-order valence-corrected chi connectivity index (χ1v) is 13.1. The molecule has 1 aromatic heterocycles. The van der Waals surface area contributed by atoms with Crippen molar-refractivity contribution in [1.82, 2.24) is 4.98 Å². The van der Waals surface area contributed by atoms with Gasteiger partial charge in [0.25, 0.3) is 5.79 Å². The molecule has 4 aromatic rings. The van der Waals surface area contributed by atoms with Crippen LogP contribution in [0.5, 0.6) is 11.5 Å². The van der Waals surface area contributed by atoms with E-state index < -0.39 is 29.6 Å². The second-order valence-corrected chi connectivity index (χ2v) is 10.7. The number of methoxy groups -OCH3 is 1. The van der Waals surface area contributed by atoms with Gasteiger partial charge < -0.3 is 23.9 Å². The Morgan fingerprint density at radius 2 is 1.74 bits per heavy atom. The minimum Gasteiger partial charge on any atom is -0.493 e. The molecule has 1 N–H and O–H groups in total. The zero-order valence-electron chi connectivity index (χ0n) is 20.9. The Balaban J connectivity index is 1.60. The number of benzene rings is 3. The summed E-state index contributed by atoms with van der Waals surface area (Å²) in [5.41, 5.74) is 3.08. The van der Waals surface area contributed by atoms with Crippen LogP contribution >= 0.6 is 27.5 Å². The fourth-order valence-corrected chi connectivity index (χ4v) is 5.49. The Morgan fingerprint density at radius 1 is 1.05 bits per heavy atom. The summed E-state index contributed by atoms with van der Waals surface area (Å²) in [7, 11) is 1.53. The SMILES string of the molecule is COc1cc([C@H](c2c[nH]c3ccccc23)C2C(=O)OC(C)(C)OC2=O)cc(Br)c1OCc1ccccc1Cl. The number of carbonyl (C=O) groups is 2. The van der Waals surface area contributed by atoms with Crippen molar-refractivity contribution in [2.75, 3.05) is 7.11 Å². The highest BCUT2D eigenvalue weighted by Crippen LogP contribution is 2.45. The number of hydrogen-bond acceptors (Lipinski definition) is 6. The summed E-state index contributed by atoms with van der Waals surface area (Å²) in [5.74, 6) is -3.73. The van der Waals surface area contributed by atoms with Crippen molar-refractivity contribution in [3.05, 3.63) is 93.0 Å². The van der Waals surface area contributed by atoms with E-state index in [1.165, 1.54) is 21.0 Å². The van der Waals surface area contributed by atoms with Gasteiger partial charge in [0.15, 0.2) is 17.4 Å². The van der Waals surface area contributed by atoms with Crippen LogP contribution in [0.25, 0.3) is 10.9 Å². The lowest BCUT2D eigenvalue weighted by atomic mass is 9.80. The number of cyclic esters (lactones) is 2. The van der Waals surface area contributed by atoms with Crippen LogP contribution in [0, 0.1) is 5.92 Å². The van der Waals surface area contributed by atoms with Crippen LogP contribution in [-0.4, -0.2) is 29.8 Å². The molecule has 1 saturated heterocycles. The lowest BCUT2D eigenvalue weighted by molar-refractivity contribution is -0.240. The summed E-state index contributed by atoms with van der Waals surface area (Å²) >= 11 is 9.90. The average molecular weight is 599 g/mol. The Bertz CT molecular complexity index is 1510. The van der Waals surface area contributed by atoms with Crippen LogP contribution in [0.2, 0.25) is 5.02 Å².